The van der Waals surface area contributed by atoms with Crippen LogP contribution >= 0.6 is 11.6 Å². The van der Waals surface area contributed by atoms with Gasteiger partial charge < -0.3 is 25.0 Å². The Hall–Kier alpha value is -4.99. The van der Waals surface area contributed by atoms with Crippen molar-refractivity contribution in [3.8, 4) is 29.1 Å². The number of nitrogens with zero attached hydrogens (tertiary/aromatic N) is 6. The smallest absolute Gasteiger partial charge is 0.300 e. The zero-order valence-electron chi connectivity index (χ0n) is 22.3. The van der Waals surface area contributed by atoms with Gasteiger partial charge in [-0.2, -0.15) is 5.10 Å². The van der Waals surface area contributed by atoms with Gasteiger partial charge in [-0.1, -0.05) is 17.5 Å². The molecule has 0 spiro atoms. The van der Waals surface area contributed by atoms with Crippen molar-refractivity contribution in [2.24, 2.45) is 0 Å². The molecule has 208 valence electrons. The number of nitrogens with one attached hydrogen (secondary N) is 2. The van der Waals surface area contributed by atoms with Crippen LogP contribution in [0.5, 0.6) is 17.2 Å². The predicted octanol–water partition coefficient (Wildman–Crippen LogP) is 4.90. The maximum Gasteiger partial charge on any atom is 0.300 e. The molecule has 0 aliphatic carbocycles. The Labute approximate surface area is 239 Å². The van der Waals surface area contributed by atoms with Crippen molar-refractivity contribution >= 4 is 51.3 Å². The largest absolute Gasteiger partial charge is 0.490 e. The number of carbonyl (C=O) groups is 1. The molecule has 5 rings (SSSR count). The molecule has 5 aromatic rings. The van der Waals surface area contributed by atoms with Gasteiger partial charge in [-0.15, -0.1) is 0 Å². The second-order valence-electron chi connectivity index (χ2n) is 8.96. The van der Waals surface area contributed by atoms with E-state index in [2.05, 4.69) is 42.5 Å². The van der Waals surface area contributed by atoms with Gasteiger partial charge in [0.1, 0.15) is 47.4 Å². The van der Waals surface area contributed by atoms with Crippen LogP contribution in [0.15, 0.2) is 55.2 Å². The van der Waals surface area contributed by atoms with Gasteiger partial charge in [0.2, 0.25) is 0 Å². The molecular formula is C28H24ClFN8O3. The number of ether oxygens (including phenoxy) is 2. The predicted molar refractivity (Wildman–Crippen MR) is 153 cm³/mol. The lowest BCUT2D eigenvalue weighted by Crippen LogP contribution is -2.20. The maximum absolute atomic E-state index is 15.4. The van der Waals surface area contributed by atoms with Crippen LogP contribution in [-0.4, -0.2) is 62.6 Å². The highest BCUT2D eigenvalue weighted by atomic mass is 35.5. The molecule has 3 aromatic heterocycles. The summed E-state index contributed by atoms with van der Waals surface area (Å²) in [5, 5.41) is 10.0. The number of rotatable bonds is 9. The molecule has 0 saturated heterocycles. The first-order valence-corrected chi connectivity index (χ1v) is 12.7. The lowest BCUT2D eigenvalue weighted by Gasteiger charge is -2.16. The van der Waals surface area contributed by atoms with Gasteiger partial charge in [0.05, 0.1) is 16.9 Å². The van der Waals surface area contributed by atoms with Crippen LogP contribution in [0.25, 0.3) is 16.6 Å². The first-order chi connectivity index (χ1) is 19.8. The molecule has 11 nitrogen and oxygen atoms in total. The van der Waals surface area contributed by atoms with Gasteiger partial charge in [0.15, 0.2) is 11.5 Å². The van der Waals surface area contributed by atoms with E-state index in [1.807, 2.05) is 19.0 Å². The third kappa shape index (κ3) is 6.27. The number of anilines is 3. The number of pyridine rings is 1. The summed E-state index contributed by atoms with van der Waals surface area (Å²) in [7, 11) is 3.85. The fraction of sp³-hybridized carbons (Fsp3) is 0.179. The van der Waals surface area contributed by atoms with E-state index in [-0.39, 0.29) is 22.3 Å². The molecule has 0 unspecified atom stereocenters. The Kier molecular flexibility index (Phi) is 8.09. The highest BCUT2D eigenvalue weighted by Crippen LogP contribution is 2.38. The van der Waals surface area contributed by atoms with Crippen LogP contribution in [0.2, 0.25) is 5.02 Å². The molecule has 0 saturated carbocycles. The number of hydrogen-bond acceptors (Lipinski definition) is 9. The number of hydrogen-bond donors (Lipinski definition) is 2. The van der Waals surface area contributed by atoms with E-state index < -0.39 is 11.7 Å². The minimum absolute atomic E-state index is 0.0593. The van der Waals surface area contributed by atoms with Crippen LogP contribution in [0, 0.1) is 17.7 Å². The summed E-state index contributed by atoms with van der Waals surface area (Å²) in [4.78, 5) is 27.0. The van der Waals surface area contributed by atoms with Crippen LogP contribution in [-0.2, 0) is 4.79 Å². The maximum atomic E-state index is 15.4. The van der Waals surface area contributed by atoms with Gasteiger partial charge in [-0.05, 0) is 51.2 Å². The zero-order valence-corrected chi connectivity index (χ0v) is 23.0. The van der Waals surface area contributed by atoms with E-state index in [0.29, 0.717) is 46.9 Å². The molecular weight excluding hydrogens is 551 g/mol. The normalized spacial score (nSPS) is 10.9. The van der Waals surface area contributed by atoms with E-state index in [1.54, 1.807) is 41.9 Å². The number of fused-ring (bicyclic) bond motifs is 2. The Balaban J connectivity index is 1.45. The van der Waals surface area contributed by atoms with E-state index >= 15 is 4.39 Å². The average Bonchev–Trinajstić information content (AvgIpc) is 3.41. The summed E-state index contributed by atoms with van der Waals surface area (Å²) in [6.07, 6.45) is 4.42. The number of halogens is 2. The highest BCUT2D eigenvalue weighted by molar-refractivity contribution is 6.32. The minimum Gasteiger partial charge on any atom is -0.490 e. The zero-order chi connectivity index (χ0) is 28.9. The van der Waals surface area contributed by atoms with Crippen molar-refractivity contribution in [2.75, 3.05) is 37.9 Å². The van der Waals surface area contributed by atoms with Crippen molar-refractivity contribution in [1.82, 2.24) is 29.5 Å². The van der Waals surface area contributed by atoms with Gasteiger partial charge in [0.25, 0.3) is 5.91 Å². The van der Waals surface area contributed by atoms with Crippen molar-refractivity contribution in [3.63, 3.8) is 0 Å². The number of amides is 1. The number of likely N-dealkylation sites (N-methyl/N-ethyl adjacent to an activating group) is 1. The van der Waals surface area contributed by atoms with E-state index in [0.717, 1.165) is 0 Å². The number of carbonyl (C=O) groups excluding carboxylic acids is 1. The third-order valence-electron chi connectivity index (χ3n) is 5.80. The molecule has 13 heteroatoms. The van der Waals surface area contributed by atoms with E-state index in [9.17, 15) is 4.79 Å². The molecule has 0 bridgehead atoms. The third-order valence-corrected chi connectivity index (χ3v) is 6.15. The van der Waals surface area contributed by atoms with Gasteiger partial charge in [0, 0.05) is 30.3 Å². The highest BCUT2D eigenvalue weighted by Gasteiger charge is 2.17. The molecule has 0 aliphatic heterocycles. The second kappa shape index (κ2) is 12.0. The minimum atomic E-state index is -0.741. The second-order valence-corrected chi connectivity index (χ2v) is 9.34. The first-order valence-electron chi connectivity index (χ1n) is 12.3. The lowest BCUT2D eigenvalue weighted by atomic mass is 10.1. The van der Waals surface area contributed by atoms with Crippen LogP contribution < -0.4 is 20.1 Å². The molecule has 0 fully saturated rings. The van der Waals surface area contributed by atoms with E-state index in [4.69, 9.17) is 21.1 Å². The molecule has 1 amide bonds. The summed E-state index contributed by atoms with van der Waals surface area (Å²) < 4.78 is 28.7. The van der Waals surface area contributed by atoms with Crippen LogP contribution in [0.3, 0.4) is 0 Å². The molecule has 0 atom stereocenters. The quantitative estimate of drug-likeness (QED) is 0.237. The van der Waals surface area contributed by atoms with E-state index in [1.165, 1.54) is 24.8 Å². The number of aromatic nitrogens is 5. The molecule has 2 N–H and O–H groups in total. The summed E-state index contributed by atoms with van der Waals surface area (Å²) >= 11 is 6.35. The van der Waals surface area contributed by atoms with Crippen molar-refractivity contribution in [1.29, 1.82) is 0 Å². The average molecular weight is 575 g/mol. The Morgan fingerprint density at radius 2 is 1.95 bits per heavy atom. The standard InChI is InChI=1S/C28H24ClFN8O3/c1-4-5-25(39)35-21-13-18-20(14-23(21)40-11-10-37(2)3)31-15-33-28(18)36-19-6-7-22(26(29)27(19)30)41-17-8-9-38-24(12-17)32-16-34-38/h6-9,12-16H,10-11H2,1-3H3,(H,35,39)(H,31,33,36). The molecule has 2 aromatic carbocycles. The molecule has 3 heterocycles. The topological polar surface area (TPSA) is 119 Å². The summed E-state index contributed by atoms with van der Waals surface area (Å²) in [6, 6.07) is 9.67. The first kappa shape index (κ1) is 27.6. The monoisotopic (exact) mass is 574 g/mol. The lowest BCUT2D eigenvalue weighted by molar-refractivity contribution is -0.111. The summed E-state index contributed by atoms with van der Waals surface area (Å²) in [6.45, 7) is 2.60. The fourth-order valence-corrected chi connectivity index (χ4v) is 4.03. The van der Waals surface area contributed by atoms with Crippen molar-refractivity contribution in [2.45, 2.75) is 6.92 Å². The Morgan fingerprint density at radius 3 is 2.76 bits per heavy atom. The Bertz CT molecular complexity index is 1820. The molecule has 41 heavy (non-hydrogen) atoms. The molecule has 0 radical (unpaired) electrons. The van der Waals surface area contributed by atoms with Gasteiger partial charge in [-0.25, -0.2) is 23.9 Å². The fourth-order valence-electron chi connectivity index (χ4n) is 3.83. The number of benzene rings is 2. The van der Waals surface area contributed by atoms with Gasteiger partial charge in [-0.3, -0.25) is 4.79 Å². The SMILES string of the molecule is CC#CC(=O)Nc1cc2c(Nc3ccc(Oc4ccn5ncnc5c4)c(Cl)c3F)ncnc2cc1OCCN(C)C. The van der Waals surface area contributed by atoms with Gasteiger partial charge >= 0.3 is 0 Å². The Morgan fingerprint density at radius 1 is 1.10 bits per heavy atom. The van der Waals surface area contributed by atoms with Crippen LogP contribution in [0.1, 0.15) is 6.92 Å². The molecule has 0 aliphatic rings. The summed E-state index contributed by atoms with van der Waals surface area (Å²) in [5.74, 6) is 5.00. The van der Waals surface area contributed by atoms with Crippen LogP contribution in [0.4, 0.5) is 21.6 Å². The summed E-state index contributed by atoms with van der Waals surface area (Å²) in [5.41, 5.74) is 1.51. The van der Waals surface area contributed by atoms with Crippen molar-refractivity contribution < 1.29 is 18.7 Å². The van der Waals surface area contributed by atoms with Crippen molar-refractivity contribution in [3.05, 3.63) is 66.1 Å².